The van der Waals surface area contributed by atoms with Crippen LogP contribution in [-0.2, 0) is 6.54 Å². The number of hydrogen-bond acceptors (Lipinski definition) is 3. The van der Waals surface area contributed by atoms with Gasteiger partial charge >= 0.3 is 0 Å². The number of aliphatic hydroxyl groups excluding tert-OH is 1. The van der Waals surface area contributed by atoms with E-state index in [1.54, 1.807) is 6.07 Å². The normalized spacial score (nSPS) is 12.5. The van der Waals surface area contributed by atoms with E-state index in [0.29, 0.717) is 17.3 Å². The Labute approximate surface area is 140 Å². The lowest BCUT2D eigenvalue weighted by molar-refractivity contribution is 0.0929. The number of aromatic nitrogens is 2. The summed E-state index contributed by atoms with van der Waals surface area (Å²) in [5.41, 5.74) is 3.01. The molecule has 1 heterocycles. The molecule has 1 aromatic heterocycles. The van der Waals surface area contributed by atoms with Crippen molar-refractivity contribution in [3.05, 3.63) is 58.9 Å². The van der Waals surface area contributed by atoms with E-state index in [1.807, 2.05) is 54.8 Å². The number of para-hydroxylation sites is 2. The van der Waals surface area contributed by atoms with Crippen LogP contribution in [0.1, 0.15) is 11.4 Å². The van der Waals surface area contributed by atoms with E-state index < -0.39 is 6.10 Å². The number of benzene rings is 2. The fraction of sp³-hybridized carbons (Fsp3) is 0.278. The number of hydrogen-bond donors (Lipinski definition) is 1. The molecule has 0 aliphatic carbocycles. The van der Waals surface area contributed by atoms with Crippen molar-refractivity contribution in [1.82, 2.24) is 9.55 Å². The molecule has 0 aliphatic heterocycles. The molecule has 0 aliphatic rings. The van der Waals surface area contributed by atoms with Gasteiger partial charge in [-0.1, -0.05) is 29.8 Å². The third-order valence-electron chi connectivity index (χ3n) is 3.76. The van der Waals surface area contributed by atoms with Crippen molar-refractivity contribution in [2.75, 3.05) is 6.61 Å². The van der Waals surface area contributed by atoms with Crippen molar-refractivity contribution in [2.45, 2.75) is 26.5 Å². The molecule has 5 heteroatoms. The first-order chi connectivity index (χ1) is 11.0. The van der Waals surface area contributed by atoms with E-state index >= 15 is 0 Å². The summed E-state index contributed by atoms with van der Waals surface area (Å²) in [5.74, 6) is 1.47. The maximum atomic E-state index is 10.3. The first-order valence-electron chi connectivity index (χ1n) is 7.53. The van der Waals surface area contributed by atoms with Crippen LogP contribution >= 0.6 is 11.6 Å². The molecule has 1 N–H and O–H groups in total. The van der Waals surface area contributed by atoms with Crippen LogP contribution in [0, 0.1) is 13.8 Å². The van der Waals surface area contributed by atoms with Crippen LogP contribution in [0.25, 0.3) is 11.0 Å². The lowest BCUT2D eigenvalue weighted by Crippen LogP contribution is -2.24. The van der Waals surface area contributed by atoms with Crippen molar-refractivity contribution >= 4 is 22.6 Å². The highest BCUT2D eigenvalue weighted by atomic mass is 35.5. The van der Waals surface area contributed by atoms with E-state index in [4.69, 9.17) is 16.3 Å². The predicted octanol–water partition coefficient (Wildman–Crippen LogP) is 3.75. The third-order valence-corrected chi connectivity index (χ3v) is 4.07. The second-order valence-electron chi connectivity index (χ2n) is 5.66. The Morgan fingerprint density at radius 2 is 2.00 bits per heavy atom. The summed E-state index contributed by atoms with van der Waals surface area (Å²) in [5, 5.41) is 10.9. The Bertz CT molecular complexity index is 829. The van der Waals surface area contributed by atoms with Gasteiger partial charge in [0, 0.05) is 0 Å². The maximum Gasteiger partial charge on any atom is 0.138 e. The molecule has 0 saturated heterocycles. The number of halogens is 1. The first kappa shape index (κ1) is 15.8. The highest BCUT2D eigenvalue weighted by molar-refractivity contribution is 6.32. The number of fused-ring (bicyclic) bond motifs is 1. The van der Waals surface area contributed by atoms with Crippen LogP contribution in [0.5, 0.6) is 5.75 Å². The number of ether oxygens (including phenoxy) is 1. The predicted molar refractivity (Wildman–Crippen MR) is 92.2 cm³/mol. The van der Waals surface area contributed by atoms with Gasteiger partial charge in [0.05, 0.1) is 22.6 Å². The van der Waals surface area contributed by atoms with Gasteiger partial charge in [0.2, 0.25) is 0 Å². The molecule has 23 heavy (non-hydrogen) atoms. The molecule has 3 aromatic rings. The molecule has 0 amide bonds. The van der Waals surface area contributed by atoms with Crippen molar-refractivity contribution < 1.29 is 9.84 Å². The van der Waals surface area contributed by atoms with E-state index in [2.05, 4.69) is 4.98 Å². The zero-order valence-corrected chi connectivity index (χ0v) is 13.9. The Balaban J connectivity index is 1.70. The summed E-state index contributed by atoms with van der Waals surface area (Å²) in [4.78, 5) is 4.50. The van der Waals surface area contributed by atoms with Gasteiger partial charge in [-0.15, -0.1) is 0 Å². The highest BCUT2D eigenvalue weighted by Crippen LogP contribution is 2.25. The van der Waals surface area contributed by atoms with E-state index in [-0.39, 0.29) is 6.61 Å². The van der Waals surface area contributed by atoms with Gasteiger partial charge in [-0.05, 0) is 43.7 Å². The van der Waals surface area contributed by atoms with Crippen LogP contribution in [0.15, 0.2) is 42.5 Å². The molecular formula is C18H19ClN2O2. The minimum Gasteiger partial charge on any atom is -0.489 e. The topological polar surface area (TPSA) is 47.3 Å². The molecule has 3 rings (SSSR count). The van der Waals surface area contributed by atoms with E-state index in [1.165, 1.54) is 0 Å². The zero-order valence-electron chi connectivity index (χ0n) is 13.2. The molecule has 0 bridgehead atoms. The molecule has 1 unspecified atom stereocenters. The molecule has 120 valence electrons. The Morgan fingerprint density at radius 3 is 2.83 bits per heavy atom. The van der Waals surface area contributed by atoms with Gasteiger partial charge in [0.25, 0.3) is 0 Å². The number of imidazole rings is 1. The molecule has 0 spiro atoms. The molecule has 0 radical (unpaired) electrons. The Hall–Kier alpha value is -2.04. The maximum absolute atomic E-state index is 10.3. The summed E-state index contributed by atoms with van der Waals surface area (Å²) in [6, 6.07) is 13.5. The van der Waals surface area contributed by atoms with Crippen LogP contribution in [0.2, 0.25) is 5.02 Å². The molecule has 2 aromatic carbocycles. The van der Waals surface area contributed by atoms with Crippen molar-refractivity contribution in [3.63, 3.8) is 0 Å². The SMILES string of the molecule is Cc1ccc(Cl)c(OCC(O)Cn2c(C)nc3ccccc32)c1. The second-order valence-corrected chi connectivity index (χ2v) is 6.06. The Morgan fingerprint density at radius 1 is 1.22 bits per heavy atom. The summed E-state index contributed by atoms with van der Waals surface area (Å²) < 4.78 is 7.67. The summed E-state index contributed by atoms with van der Waals surface area (Å²) in [6.45, 7) is 4.51. The van der Waals surface area contributed by atoms with Crippen molar-refractivity contribution in [2.24, 2.45) is 0 Å². The summed E-state index contributed by atoms with van der Waals surface area (Å²) in [6.07, 6.45) is -0.650. The molecule has 0 fully saturated rings. The molecule has 1 atom stereocenters. The van der Waals surface area contributed by atoms with Crippen molar-refractivity contribution in [1.29, 1.82) is 0 Å². The number of aryl methyl sites for hydroxylation is 2. The van der Waals surface area contributed by atoms with Gasteiger partial charge in [0.15, 0.2) is 0 Å². The van der Waals surface area contributed by atoms with Gasteiger partial charge < -0.3 is 14.4 Å². The van der Waals surface area contributed by atoms with E-state index in [9.17, 15) is 5.11 Å². The lowest BCUT2D eigenvalue weighted by atomic mass is 10.2. The summed E-state index contributed by atoms with van der Waals surface area (Å²) in [7, 11) is 0. The smallest absolute Gasteiger partial charge is 0.138 e. The number of aliphatic hydroxyl groups is 1. The highest BCUT2D eigenvalue weighted by Gasteiger charge is 2.13. The lowest BCUT2D eigenvalue weighted by Gasteiger charge is -2.15. The second kappa shape index (κ2) is 6.60. The Kier molecular flexibility index (Phi) is 4.55. The summed E-state index contributed by atoms with van der Waals surface area (Å²) >= 11 is 6.10. The molecule has 0 saturated carbocycles. The average molecular weight is 331 g/mol. The standard InChI is InChI=1S/C18H19ClN2O2/c1-12-7-8-15(19)18(9-12)23-11-14(22)10-21-13(2)20-16-5-3-4-6-17(16)21/h3-9,14,22H,10-11H2,1-2H3. The van der Waals surface area contributed by atoms with Crippen LogP contribution in [-0.4, -0.2) is 27.4 Å². The van der Waals surface area contributed by atoms with Crippen LogP contribution in [0.4, 0.5) is 0 Å². The fourth-order valence-electron chi connectivity index (χ4n) is 2.60. The quantitative estimate of drug-likeness (QED) is 0.775. The average Bonchev–Trinajstić information content (AvgIpc) is 2.84. The number of nitrogens with zero attached hydrogens (tertiary/aromatic N) is 2. The number of rotatable bonds is 5. The van der Waals surface area contributed by atoms with E-state index in [0.717, 1.165) is 22.4 Å². The fourth-order valence-corrected chi connectivity index (χ4v) is 2.77. The minimum absolute atomic E-state index is 0.176. The third kappa shape index (κ3) is 3.49. The first-order valence-corrected chi connectivity index (χ1v) is 7.91. The van der Waals surface area contributed by atoms with Gasteiger partial charge in [0.1, 0.15) is 24.3 Å². The van der Waals surface area contributed by atoms with Gasteiger partial charge in [-0.25, -0.2) is 4.98 Å². The van der Waals surface area contributed by atoms with Crippen LogP contribution in [0.3, 0.4) is 0 Å². The largest absolute Gasteiger partial charge is 0.489 e. The van der Waals surface area contributed by atoms with Crippen LogP contribution < -0.4 is 4.74 Å². The monoisotopic (exact) mass is 330 g/mol. The molecule has 4 nitrogen and oxygen atoms in total. The zero-order chi connectivity index (χ0) is 16.4. The molecular weight excluding hydrogens is 312 g/mol. The van der Waals surface area contributed by atoms with Crippen molar-refractivity contribution in [3.8, 4) is 5.75 Å². The van der Waals surface area contributed by atoms with Gasteiger partial charge in [-0.3, -0.25) is 0 Å². The van der Waals surface area contributed by atoms with Gasteiger partial charge in [-0.2, -0.15) is 0 Å². The minimum atomic E-state index is -0.650.